The first-order valence-corrected chi connectivity index (χ1v) is 9.54. The van der Waals surface area contributed by atoms with Crippen molar-refractivity contribution in [3.63, 3.8) is 0 Å². The molecule has 144 valence electrons. The summed E-state index contributed by atoms with van der Waals surface area (Å²) >= 11 is 5.66. The zero-order chi connectivity index (χ0) is 19.4. The minimum Gasteiger partial charge on any atom is -0.497 e. The summed E-state index contributed by atoms with van der Waals surface area (Å²) < 4.78 is 10.7. The lowest BCUT2D eigenvalue weighted by Gasteiger charge is -2.42. The Morgan fingerprint density at radius 3 is 2.44 bits per heavy atom. The second-order valence-corrected chi connectivity index (χ2v) is 7.21. The van der Waals surface area contributed by atoms with Crippen molar-refractivity contribution in [2.75, 3.05) is 44.1 Å². The van der Waals surface area contributed by atoms with Gasteiger partial charge in [-0.3, -0.25) is 0 Å². The normalized spacial score (nSPS) is 16.8. The number of methoxy groups -OCH3 is 2. The van der Waals surface area contributed by atoms with Crippen LogP contribution in [0, 0.1) is 6.92 Å². The minimum absolute atomic E-state index is 0.374. The van der Waals surface area contributed by atoms with E-state index in [-0.39, 0.29) is 0 Å². The molecule has 0 spiro atoms. The summed E-state index contributed by atoms with van der Waals surface area (Å²) in [7, 11) is 3.28. The zero-order valence-corrected chi connectivity index (χ0v) is 17.2. The molecule has 0 unspecified atom stereocenters. The molecule has 0 amide bonds. The van der Waals surface area contributed by atoms with Gasteiger partial charge in [0.15, 0.2) is 5.11 Å². The van der Waals surface area contributed by atoms with Crippen molar-refractivity contribution in [1.29, 1.82) is 0 Å². The fraction of sp³-hybridized carbons (Fsp3) is 0.381. The lowest BCUT2D eigenvalue weighted by Crippen LogP contribution is -2.54. The number of aryl methyl sites for hydroxylation is 1. The van der Waals surface area contributed by atoms with Crippen LogP contribution in [0.15, 0.2) is 42.5 Å². The summed E-state index contributed by atoms with van der Waals surface area (Å²) in [6, 6.07) is 14.8. The van der Waals surface area contributed by atoms with Crippen molar-refractivity contribution < 1.29 is 9.47 Å². The van der Waals surface area contributed by atoms with Crippen LogP contribution in [0.1, 0.15) is 12.5 Å². The molecular formula is C21H27N3O2S. The van der Waals surface area contributed by atoms with Crippen LogP contribution in [0.2, 0.25) is 0 Å². The third-order valence-electron chi connectivity index (χ3n) is 4.93. The standard InChI is InChI=1S/C21H27N3O2S/c1-15-5-7-17(8-6-15)24-12-11-23(14-16(24)2)21(27)22-19-10-9-18(25-3)13-20(19)26-4/h5-10,13,16H,11-12,14H2,1-4H3,(H,22,27)/t16-/m1/s1. The molecule has 1 atom stereocenters. The fourth-order valence-electron chi connectivity index (χ4n) is 3.36. The molecule has 1 N–H and O–H groups in total. The van der Waals surface area contributed by atoms with Gasteiger partial charge in [0.25, 0.3) is 0 Å². The minimum atomic E-state index is 0.374. The van der Waals surface area contributed by atoms with Crippen LogP contribution in [0.4, 0.5) is 11.4 Å². The molecule has 5 nitrogen and oxygen atoms in total. The maximum Gasteiger partial charge on any atom is 0.173 e. The number of ether oxygens (including phenoxy) is 2. The van der Waals surface area contributed by atoms with E-state index < -0.39 is 0 Å². The molecule has 2 aromatic carbocycles. The summed E-state index contributed by atoms with van der Waals surface area (Å²) in [5.41, 5.74) is 3.39. The van der Waals surface area contributed by atoms with E-state index in [9.17, 15) is 0 Å². The average molecular weight is 386 g/mol. The quantitative estimate of drug-likeness (QED) is 0.804. The number of rotatable bonds is 4. The van der Waals surface area contributed by atoms with Crippen molar-refractivity contribution in [3.05, 3.63) is 48.0 Å². The molecule has 0 aliphatic carbocycles. The Bertz CT molecular complexity index is 795. The highest BCUT2D eigenvalue weighted by molar-refractivity contribution is 7.80. The lowest BCUT2D eigenvalue weighted by atomic mass is 10.1. The molecule has 0 radical (unpaired) electrons. The maximum atomic E-state index is 5.66. The van der Waals surface area contributed by atoms with E-state index in [1.165, 1.54) is 11.3 Å². The SMILES string of the molecule is COc1ccc(NC(=S)N2CCN(c3ccc(C)cc3)[C@H](C)C2)c(OC)c1. The highest BCUT2D eigenvalue weighted by atomic mass is 32.1. The van der Waals surface area contributed by atoms with E-state index in [4.69, 9.17) is 21.7 Å². The van der Waals surface area contributed by atoms with Gasteiger partial charge in [-0.15, -0.1) is 0 Å². The molecular weight excluding hydrogens is 358 g/mol. The third-order valence-corrected chi connectivity index (χ3v) is 5.29. The highest BCUT2D eigenvalue weighted by Gasteiger charge is 2.25. The van der Waals surface area contributed by atoms with E-state index in [1.54, 1.807) is 14.2 Å². The Kier molecular flexibility index (Phi) is 6.06. The van der Waals surface area contributed by atoms with Gasteiger partial charge in [-0.2, -0.15) is 0 Å². The lowest BCUT2D eigenvalue weighted by molar-refractivity contribution is 0.342. The number of nitrogens with one attached hydrogen (secondary N) is 1. The Balaban J connectivity index is 1.65. The molecule has 0 bridgehead atoms. The van der Waals surface area contributed by atoms with Gasteiger partial charge in [-0.05, 0) is 50.3 Å². The largest absolute Gasteiger partial charge is 0.497 e. The molecule has 0 saturated carbocycles. The van der Waals surface area contributed by atoms with Crippen LogP contribution < -0.4 is 19.7 Å². The van der Waals surface area contributed by atoms with Crippen LogP contribution in [-0.4, -0.2) is 49.9 Å². The Morgan fingerprint density at radius 2 is 1.81 bits per heavy atom. The molecule has 2 aromatic rings. The first-order valence-electron chi connectivity index (χ1n) is 9.13. The van der Waals surface area contributed by atoms with Crippen LogP contribution in [0.3, 0.4) is 0 Å². The molecule has 6 heteroatoms. The molecule has 1 heterocycles. The van der Waals surface area contributed by atoms with E-state index in [0.717, 1.165) is 31.1 Å². The number of piperazine rings is 1. The summed E-state index contributed by atoms with van der Waals surface area (Å²) in [5, 5.41) is 4.04. The molecule has 27 heavy (non-hydrogen) atoms. The molecule has 1 aliphatic rings. The van der Waals surface area contributed by atoms with Crippen molar-refractivity contribution in [2.45, 2.75) is 19.9 Å². The topological polar surface area (TPSA) is 37.0 Å². The van der Waals surface area contributed by atoms with Gasteiger partial charge in [-0.25, -0.2) is 0 Å². The molecule has 1 aliphatic heterocycles. The van der Waals surface area contributed by atoms with Crippen LogP contribution >= 0.6 is 12.2 Å². The van der Waals surface area contributed by atoms with Crippen molar-refractivity contribution in [2.24, 2.45) is 0 Å². The van der Waals surface area contributed by atoms with E-state index in [1.807, 2.05) is 18.2 Å². The fourth-order valence-corrected chi connectivity index (χ4v) is 3.63. The van der Waals surface area contributed by atoms with Gasteiger partial charge in [0, 0.05) is 37.4 Å². The zero-order valence-electron chi connectivity index (χ0n) is 16.4. The predicted octanol–water partition coefficient (Wildman–Crippen LogP) is 3.92. The van der Waals surface area contributed by atoms with Crippen LogP contribution in [-0.2, 0) is 0 Å². The van der Waals surface area contributed by atoms with Gasteiger partial charge in [0.1, 0.15) is 11.5 Å². The Labute approximate surface area is 166 Å². The average Bonchev–Trinajstić information content (AvgIpc) is 2.69. The molecule has 0 aromatic heterocycles. The van der Waals surface area contributed by atoms with Crippen molar-refractivity contribution in [1.82, 2.24) is 4.90 Å². The predicted molar refractivity (Wildman–Crippen MR) is 115 cm³/mol. The molecule has 1 fully saturated rings. The number of anilines is 2. The number of hydrogen-bond acceptors (Lipinski definition) is 4. The van der Waals surface area contributed by atoms with E-state index in [0.29, 0.717) is 16.9 Å². The number of hydrogen-bond donors (Lipinski definition) is 1. The third kappa shape index (κ3) is 4.45. The Hall–Kier alpha value is -2.47. The summed E-state index contributed by atoms with van der Waals surface area (Å²) in [5.74, 6) is 1.46. The van der Waals surface area contributed by atoms with Gasteiger partial charge in [0.2, 0.25) is 0 Å². The summed E-state index contributed by atoms with van der Waals surface area (Å²) in [4.78, 5) is 4.65. The number of thiocarbonyl (C=S) groups is 1. The second-order valence-electron chi connectivity index (χ2n) is 6.82. The first-order chi connectivity index (χ1) is 13.0. The van der Waals surface area contributed by atoms with Crippen LogP contribution in [0.5, 0.6) is 11.5 Å². The van der Waals surface area contributed by atoms with Crippen molar-refractivity contribution >= 4 is 28.7 Å². The van der Waals surface area contributed by atoms with Gasteiger partial charge >= 0.3 is 0 Å². The summed E-state index contributed by atoms with van der Waals surface area (Å²) in [6.07, 6.45) is 0. The molecule has 3 rings (SSSR count). The second kappa shape index (κ2) is 8.48. The van der Waals surface area contributed by atoms with Gasteiger partial charge in [-0.1, -0.05) is 17.7 Å². The molecule has 1 saturated heterocycles. The van der Waals surface area contributed by atoms with Gasteiger partial charge in [0.05, 0.1) is 19.9 Å². The van der Waals surface area contributed by atoms with Crippen LogP contribution in [0.25, 0.3) is 0 Å². The maximum absolute atomic E-state index is 5.66. The summed E-state index contributed by atoms with van der Waals surface area (Å²) in [6.45, 7) is 7.04. The van der Waals surface area contributed by atoms with E-state index >= 15 is 0 Å². The van der Waals surface area contributed by atoms with Gasteiger partial charge < -0.3 is 24.6 Å². The first kappa shape index (κ1) is 19.3. The van der Waals surface area contributed by atoms with Crippen molar-refractivity contribution in [3.8, 4) is 11.5 Å². The monoisotopic (exact) mass is 385 g/mol. The van der Waals surface area contributed by atoms with E-state index in [2.05, 4.69) is 53.2 Å². The highest BCUT2D eigenvalue weighted by Crippen LogP contribution is 2.29. The number of benzene rings is 2. The smallest absolute Gasteiger partial charge is 0.173 e. The number of nitrogens with zero attached hydrogens (tertiary/aromatic N) is 2. The Morgan fingerprint density at radius 1 is 1.07 bits per heavy atom.